The predicted octanol–water partition coefficient (Wildman–Crippen LogP) is -0.755. The third kappa shape index (κ3) is 4.75. The summed E-state index contributed by atoms with van der Waals surface area (Å²) < 4.78 is 5.58. The molecule has 1 fully saturated rings. The van der Waals surface area contributed by atoms with Gasteiger partial charge in [-0.1, -0.05) is 0 Å². The minimum absolute atomic E-state index is 0.110. The van der Waals surface area contributed by atoms with Gasteiger partial charge in [-0.2, -0.15) is 0 Å². The molecule has 5 N–H and O–H groups in total. The summed E-state index contributed by atoms with van der Waals surface area (Å²) in [7, 11) is 0. The van der Waals surface area contributed by atoms with Crippen LogP contribution in [-0.2, 0) is 4.74 Å². The Morgan fingerprint density at radius 3 is 2.30 bits per heavy atom. The highest BCUT2D eigenvalue weighted by atomic mass is 32.2. The number of hydrogen-bond donors (Lipinski definition) is 5. The Kier molecular flexibility index (Phi) is 7.14. The summed E-state index contributed by atoms with van der Waals surface area (Å²) in [5.74, 6) is -0.645. The van der Waals surface area contributed by atoms with Crippen LogP contribution in [-0.4, -0.2) is 79.5 Å². The number of rotatable bonds is 6. The number of benzene rings is 1. The first-order valence-electron chi connectivity index (χ1n) is 8.13. The van der Waals surface area contributed by atoms with Crippen LogP contribution in [0.2, 0.25) is 0 Å². The van der Waals surface area contributed by atoms with Gasteiger partial charge in [-0.05, 0) is 25.3 Å². The molecule has 1 aromatic carbocycles. The molecule has 10 nitrogen and oxygen atoms in total. The Morgan fingerprint density at radius 2 is 1.81 bits per heavy atom. The van der Waals surface area contributed by atoms with E-state index in [-0.39, 0.29) is 11.3 Å². The molecule has 0 spiro atoms. The van der Waals surface area contributed by atoms with Gasteiger partial charge in [0, 0.05) is 17.7 Å². The van der Waals surface area contributed by atoms with Gasteiger partial charge in [-0.3, -0.25) is 14.9 Å². The van der Waals surface area contributed by atoms with Gasteiger partial charge in [0.15, 0.2) is 0 Å². The molecule has 150 valence electrons. The third-order valence-corrected chi connectivity index (χ3v) is 5.21. The lowest BCUT2D eigenvalue weighted by molar-refractivity contribution is -0.384. The number of carbonyl (C=O) groups excluding carboxylic acids is 1. The Labute approximate surface area is 159 Å². The van der Waals surface area contributed by atoms with Gasteiger partial charge in [-0.25, -0.2) is 0 Å². The number of ether oxygens (including phenoxy) is 1. The van der Waals surface area contributed by atoms with Crippen molar-refractivity contribution in [2.24, 2.45) is 0 Å². The normalized spacial score (nSPS) is 30.4. The van der Waals surface area contributed by atoms with E-state index in [1.54, 1.807) is 6.26 Å². The van der Waals surface area contributed by atoms with E-state index in [1.807, 2.05) is 0 Å². The van der Waals surface area contributed by atoms with Crippen LogP contribution in [0.4, 0.5) is 5.69 Å². The molecular weight excluding hydrogens is 380 g/mol. The standard InChI is InChI=1S/C16H22N2O8S/c1-7(19)10(14-12(21)11(20)13(22)16(26-14)27-2)17-15(23)8-3-5-9(6-4-8)18(24)25/h3-7,10-14,16,19-22H,1-2H3,(H,17,23)/t7-,10-,11+,12-,13-,14-,16-/m1/s1. The van der Waals surface area contributed by atoms with Crippen molar-refractivity contribution in [3.05, 3.63) is 39.9 Å². The highest BCUT2D eigenvalue weighted by molar-refractivity contribution is 7.99. The van der Waals surface area contributed by atoms with E-state index in [9.17, 15) is 35.3 Å². The summed E-state index contributed by atoms with van der Waals surface area (Å²) in [6.07, 6.45) is -5.08. The van der Waals surface area contributed by atoms with Crippen molar-refractivity contribution in [1.82, 2.24) is 5.32 Å². The summed E-state index contributed by atoms with van der Waals surface area (Å²) in [5.41, 5.74) is -0.922. The number of carbonyl (C=O) groups is 1. The fraction of sp³-hybridized carbons (Fsp3) is 0.562. The van der Waals surface area contributed by atoms with E-state index >= 15 is 0 Å². The van der Waals surface area contributed by atoms with E-state index in [2.05, 4.69) is 5.32 Å². The summed E-state index contributed by atoms with van der Waals surface area (Å²) in [6.45, 7) is 1.38. The molecule has 7 atom stereocenters. The number of aliphatic hydroxyl groups is 4. The number of thioether (sulfide) groups is 1. The summed E-state index contributed by atoms with van der Waals surface area (Å²) in [6, 6.07) is 3.76. The van der Waals surface area contributed by atoms with Crippen LogP contribution in [0, 0.1) is 10.1 Å². The second kappa shape index (κ2) is 8.95. The third-order valence-electron chi connectivity index (χ3n) is 4.35. The molecule has 0 radical (unpaired) electrons. The van der Waals surface area contributed by atoms with Crippen LogP contribution >= 0.6 is 11.8 Å². The Hall–Kier alpha value is -1.76. The zero-order chi connectivity index (χ0) is 20.3. The van der Waals surface area contributed by atoms with Crippen molar-refractivity contribution < 1.29 is 34.9 Å². The maximum Gasteiger partial charge on any atom is 0.269 e. The van der Waals surface area contributed by atoms with Crippen molar-refractivity contribution in [1.29, 1.82) is 0 Å². The largest absolute Gasteiger partial charge is 0.391 e. The molecule has 2 rings (SSSR count). The van der Waals surface area contributed by atoms with Crippen molar-refractivity contribution in [2.45, 2.75) is 48.9 Å². The van der Waals surface area contributed by atoms with Gasteiger partial charge >= 0.3 is 0 Å². The number of nitro benzene ring substituents is 1. The van der Waals surface area contributed by atoms with Crippen LogP contribution in [0.5, 0.6) is 0 Å². The van der Waals surface area contributed by atoms with Gasteiger partial charge in [0.1, 0.15) is 29.9 Å². The maximum atomic E-state index is 12.4. The Balaban J connectivity index is 2.19. The van der Waals surface area contributed by atoms with Crippen LogP contribution in [0.15, 0.2) is 24.3 Å². The molecule has 0 aliphatic carbocycles. The van der Waals surface area contributed by atoms with E-state index in [4.69, 9.17) is 4.74 Å². The van der Waals surface area contributed by atoms with Gasteiger partial charge in [-0.15, -0.1) is 11.8 Å². The number of nitrogens with zero attached hydrogens (tertiary/aromatic N) is 1. The highest BCUT2D eigenvalue weighted by Gasteiger charge is 2.47. The van der Waals surface area contributed by atoms with E-state index in [1.165, 1.54) is 31.2 Å². The lowest BCUT2D eigenvalue weighted by Gasteiger charge is -2.43. The smallest absolute Gasteiger partial charge is 0.269 e. The molecule has 1 saturated heterocycles. The number of hydrogen-bond acceptors (Lipinski definition) is 9. The summed E-state index contributed by atoms with van der Waals surface area (Å²) in [4.78, 5) is 22.5. The monoisotopic (exact) mass is 402 g/mol. The van der Waals surface area contributed by atoms with Gasteiger partial charge in [0.25, 0.3) is 11.6 Å². The molecular formula is C16H22N2O8S. The van der Waals surface area contributed by atoms with Crippen LogP contribution in [0.25, 0.3) is 0 Å². The molecule has 1 aliphatic rings. The van der Waals surface area contributed by atoms with Crippen LogP contribution < -0.4 is 5.32 Å². The number of nitro groups is 1. The Bertz CT molecular complexity index is 669. The molecule has 1 aliphatic heterocycles. The van der Waals surface area contributed by atoms with Crippen molar-refractivity contribution in [3.63, 3.8) is 0 Å². The van der Waals surface area contributed by atoms with Crippen molar-refractivity contribution in [3.8, 4) is 0 Å². The first-order chi connectivity index (χ1) is 12.7. The molecule has 1 aromatic rings. The molecule has 0 saturated carbocycles. The molecule has 0 aromatic heterocycles. The fourth-order valence-corrected chi connectivity index (χ4v) is 3.49. The topological polar surface area (TPSA) is 162 Å². The van der Waals surface area contributed by atoms with E-state index in [0.717, 1.165) is 11.8 Å². The van der Waals surface area contributed by atoms with Crippen molar-refractivity contribution in [2.75, 3.05) is 6.26 Å². The molecule has 1 amide bonds. The lowest BCUT2D eigenvalue weighted by Crippen LogP contribution is -2.64. The second-order valence-corrected chi connectivity index (χ2v) is 7.16. The minimum Gasteiger partial charge on any atom is -0.391 e. The minimum atomic E-state index is -1.54. The van der Waals surface area contributed by atoms with E-state index < -0.39 is 52.8 Å². The van der Waals surface area contributed by atoms with Crippen molar-refractivity contribution >= 4 is 23.4 Å². The molecule has 1 heterocycles. The predicted molar refractivity (Wildman–Crippen MR) is 96.2 cm³/mol. The number of amides is 1. The fourth-order valence-electron chi connectivity index (χ4n) is 2.81. The lowest BCUT2D eigenvalue weighted by atomic mass is 9.92. The number of nitrogens with one attached hydrogen (secondary N) is 1. The SMILES string of the molecule is CS[C@H]1O[C@H]([C@H](NC(=O)c2ccc([N+](=O)[O-])cc2)[C@@H](C)O)[C@H](O)[C@H](O)[C@H]1O. The number of aliphatic hydroxyl groups excluding tert-OH is 4. The zero-order valence-electron chi connectivity index (χ0n) is 14.6. The molecule has 27 heavy (non-hydrogen) atoms. The average molecular weight is 402 g/mol. The van der Waals surface area contributed by atoms with Gasteiger partial charge in [0.05, 0.1) is 17.1 Å². The first-order valence-corrected chi connectivity index (χ1v) is 9.42. The molecule has 11 heteroatoms. The second-order valence-electron chi connectivity index (χ2n) is 6.22. The van der Waals surface area contributed by atoms with Crippen LogP contribution in [0.1, 0.15) is 17.3 Å². The quantitative estimate of drug-likeness (QED) is 0.304. The first kappa shape index (κ1) is 21.5. The number of non-ortho nitro benzene ring substituents is 1. The maximum absolute atomic E-state index is 12.4. The zero-order valence-corrected chi connectivity index (χ0v) is 15.4. The highest BCUT2D eigenvalue weighted by Crippen LogP contribution is 2.29. The van der Waals surface area contributed by atoms with Crippen LogP contribution in [0.3, 0.4) is 0 Å². The summed E-state index contributed by atoms with van der Waals surface area (Å²) >= 11 is 1.11. The van der Waals surface area contributed by atoms with E-state index in [0.29, 0.717) is 0 Å². The average Bonchev–Trinajstić information content (AvgIpc) is 2.64. The molecule has 0 bridgehead atoms. The van der Waals surface area contributed by atoms with Gasteiger partial charge < -0.3 is 30.5 Å². The summed E-state index contributed by atoms with van der Waals surface area (Å²) in [5, 5.41) is 53.5. The molecule has 0 unspecified atom stereocenters. The van der Waals surface area contributed by atoms with Gasteiger partial charge in [0.2, 0.25) is 0 Å². The Morgan fingerprint density at radius 1 is 1.22 bits per heavy atom.